The summed E-state index contributed by atoms with van der Waals surface area (Å²) in [7, 11) is 1.93. The molecule has 1 aromatic rings. The number of hydrogen-bond acceptors (Lipinski definition) is 2. The Balaban J connectivity index is 2.92. The minimum atomic E-state index is 0.246. The van der Waals surface area contributed by atoms with Crippen molar-refractivity contribution in [1.29, 1.82) is 0 Å². The van der Waals surface area contributed by atoms with Gasteiger partial charge in [0.15, 0.2) is 0 Å². The van der Waals surface area contributed by atoms with Crippen LogP contribution in [0, 0.1) is 0 Å². The van der Waals surface area contributed by atoms with Crippen LogP contribution in [0.5, 0.6) is 5.75 Å². The van der Waals surface area contributed by atoms with Gasteiger partial charge in [0, 0.05) is 16.6 Å². The predicted octanol–water partition coefficient (Wildman–Crippen LogP) is 3.41. The Morgan fingerprint density at radius 3 is 2.80 bits per heavy atom. The van der Waals surface area contributed by atoms with Gasteiger partial charge >= 0.3 is 0 Å². The molecular formula is C12H18ClNO. The summed E-state index contributed by atoms with van der Waals surface area (Å²) < 4.78 is 5.67. The van der Waals surface area contributed by atoms with Crippen LogP contribution in [0.25, 0.3) is 0 Å². The first-order valence-corrected chi connectivity index (χ1v) is 5.66. The average molecular weight is 228 g/mol. The van der Waals surface area contributed by atoms with E-state index in [4.69, 9.17) is 16.3 Å². The maximum absolute atomic E-state index is 5.97. The van der Waals surface area contributed by atoms with Crippen LogP contribution in [0.4, 0.5) is 0 Å². The third-order valence-corrected chi connectivity index (χ3v) is 2.57. The second-order valence-electron chi connectivity index (χ2n) is 3.54. The monoisotopic (exact) mass is 227 g/mol. The van der Waals surface area contributed by atoms with Gasteiger partial charge in [-0.15, -0.1) is 0 Å². The lowest BCUT2D eigenvalue weighted by Crippen LogP contribution is -2.14. The van der Waals surface area contributed by atoms with Crippen LogP contribution in [0.3, 0.4) is 0 Å². The number of rotatable bonds is 5. The Kier molecular flexibility index (Phi) is 4.92. The zero-order chi connectivity index (χ0) is 11.3. The molecule has 1 aromatic carbocycles. The van der Waals surface area contributed by atoms with Gasteiger partial charge in [0.25, 0.3) is 0 Å². The molecule has 3 heteroatoms. The Morgan fingerprint density at radius 1 is 1.47 bits per heavy atom. The molecule has 0 aliphatic carbocycles. The number of benzene rings is 1. The van der Waals surface area contributed by atoms with Gasteiger partial charge in [0.2, 0.25) is 0 Å². The summed E-state index contributed by atoms with van der Waals surface area (Å²) in [5, 5.41) is 3.93. The van der Waals surface area contributed by atoms with Gasteiger partial charge in [0.1, 0.15) is 5.75 Å². The molecule has 15 heavy (non-hydrogen) atoms. The van der Waals surface area contributed by atoms with Crippen molar-refractivity contribution in [3.63, 3.8) is 0 Å². The Bertz CT molecular complexity index is 314. The highest BCUT2D eigenvalue weighted by molar-refractivity contribution is 6.30. The van der Waals surface area contributed by atoms with Crippen molar-refractivity contribution >= 4 is 11.6 Å². The number of halogens is 1. The van der Waals surface area contributed by atoms with Crippen LogP contribution >= 0.6 is 11.6 Å². The molecule has 1 unspecified atom stereocenters. The molecule has 0 aliphatic rings. The zero-order valence-electron chi connectivity index (χ0n) is 9.51. The Morgan fingerprint density at radius 2 is 2.20 bits per heavy atom. The SMILES string of the molecule is CCCOc1ccc(Cl)cc1C(C)NC. The van der Waals surface area contributed by atoms with Crippen molar-refractivity contribution in [2.75, 3.05) is 13.7 Å². The lowest BCUT2D eigenvalue weighted by atomic mass is 10.1. The van der Waals surface area contributed by atoms with Gasteiger partial charge < -0.3 is 10.1 Å². The van der Waals surface area contributed by atoms with Crippen LogP contribution < -0.4 is 10.1 Å². The van der Waals surface area contributed by atoms with Crippen molar-refractivity contribution in [2.45, 2.75) is 26.3 Å². The summed E-state index contributed by atoms with van der Waals surface area (Å²) in [6, 6.07) is 5.99. The first-order valence-electron chi connectivity index (χ1n) is 5.28. The third-order valence-electron chi connectivity index (χ3n) is 2.33. The quantitative estimate of drug-likeness (QED) is 0.833. The molecule has 1 atom stereocenters. The smallest absolute Gasteiger partial charge is 0.124 e. The lowest BCUT2D eigenvalue weighted by molar-refractivity contribution is 0.311. The van der Waals surface area contributed by atoms with Crippen molar-refractivity contribution in [3.8, 4) is 5.75 Å². The summed E-state index contributed by atoms with van der Waals surface area (Å²) in [4.78, 5) is 0. The second-order valence-corrected chi connectivity index (χ2v) is 3.98. The van der Waals surface area contributed by atoms with E-state index in [1.807, 2.05) is 25.2 Å². The molecule has 0 aromatic heterocycles. The van der Waals surface area contributed by atoms with E-state index >= 15 is 0 Å². The molecule has 1 rings (SSSR count). The van der Waals surface area contributed by atoms with Gasteiger partial charge in [-0.05, 0) is 38.6 Å². The van der Waals surface area contributed by atoms with E-state index in [1.54, 1.807) is 0 Å². The van der Waals surface area contributed by atoms with E-state index < -0.39 is 0 Å². The van der Waals surface area contributed by atoms with Crippen molar-refractivity contribution in [2.24, 2.45) is 0 Å². The summed E-state index contributed by atoms with van der Waals surface area (Å²) in [6.07, 6.45) is 1.01. The topological polar surface area (TPSA) is 21.3 Å². The molecular weight excluding hydrogens is 210 g/mol. The number of nitrogens with one attached hydrogen (secondary N) is 1. The molecule has 0 radical (unpaired) electrons. The van der Waals surface area contributed by atoms with Gasteiger partial charge in [-0.2, -0.15) is 0 Å². The van der Waals surface area contributed by atoms with E-state index in [-0.39, 0.29) is 6.04 Å². The molecule has 0 saturated carbocycles. The maximum atomic E-state index is 5.97. The number of ether oxygens (including phenoxy) is 1. The highest BCUT2D eigenvalue weighted by Gasteiger charge is 2.10. The molecule has 0 fully saturated rings. The average Bonchev–Trinajstić information content (AvgIpc) is 2.26. The highest BCUT2D eigenvalue weighted by atomic mass is 35.5. The van der Waals surface area contributed by atoms with Crippen LogP contribution in [0.1, 0.15) is 31.9 Å². The normalized spacial score (nSPS) is 12.5. The molecule has 0 spiro atoms. The van der Waals surface area contributed by atoms with Crippen molar-refractivity contribution in [1.82, 2.24) is 5.32 Å². The molecule has 0 heterocycles. The molecule has 0 amide bonds. The van der Waals surface area contributed by atoms with E-state index in [0.29, 0.717) is 0 Å². The molecule has 0 saturated heterocycles. The van der Waals surface area contributed by atoms with E-state index in [0.717, 1.165) is 29.4 Å². The predicted molar refractivity (Wildman–Crippen MR) is 64.7 cm³/mol. The lowest BCUT2D eigenvalue weighted by Gasteiger charge is -2.16. The summed E-state index contributed by atoms with van der Waals surface area (Å²) >= 11 is 5.97. The standard InChI is InChI=1S/C12H18ClNO/c1-4-7-15-12-6-5-10(13)8-11(12)9(2)14-3/h5-6,8-9,14H,4,7H2,1-3H3. The van der Waals surface area contributed by atoms with Gasteiger partial charge in [-0.1, -0.05) is 18.5 Å². The third kappa shape index (κ3) is 3.40. The highest BCUT2D eigenvalue weighted by Crippen LogP contribution is 2.28. The zero-order valence-corrected chi connectivity index (χ0v) is 10.3. The van der Waals surface area contributed by atoms with Gasteiger partial charge in [-0.3, -0.25) is 0 Å². The second kappa shape index (κ2) is 5.99. The first kappa shape index (κ1) is 12.3. The molecule has 2 nitrogen and oxygen atoms in total. The molecule has 84 valence electrons. The number of hydrogen-bond donors (Lipinski definition) is 1. The van der Waals surface area contributed by atoms with Gasteiger partial charge in [-0.25, -0.2) is 0 Å². The van der Waals surface area contributed by atoms with Crippen molar-refractivity contribution < 1.29 is 4.74 Å². The Hall–Kier alpha value is -0.730. The van der Waals surface area contributed by atoms with Crippen LogP contribution in [0.2, 0.25) is 5.02 Å². The Labute approximate surface area is 96.6 Å². The summed E-state index contributed by atoms with van der Waals surface area (Å²) in [5.74, 6) is 0.920. The minimum Gasteiger partial charge on any atom is -0.493 e. The van der Waals surface area contributed by atoms with Crippen LogP contribution in [-0.4, -0.2) is 13.7 Å². The van der Waals surface area contributed by atoms with E-state index in [9.17, 15) is 0 Å². The fraction of sp³-hybridized carbons (Fsp3) is 0.500. The first-order chi connectivity index (χ1) is 7.19. The van der Waals surface area contributed by atoms with Crippen molar-refractivity contribution in [3.05, 3.63) is 28.8 Å². The van der Waals surface area contributed by atoms with Crippen LogP contribution in [0.15, 0.2) is 18.2 Å². The largest absolute Gasteiger partial charge is 0.493 e. The van der Waals surface area contributed by atoms with Crippen LogP contribution in [-0.2, 0) is 0 Å². The maximum Gasteiger partial charge on any atom is 0.124 e. The molecule has 0 aliphatic heterocycles. The van der Waals surface area contributed by atoms with E-state index in [2.05, 4.69) is 19.2 Å². The van der Waals surface area contributed by atoms with E-state index in [1.165, 1.54) is 0 Å². The fourth-order valence-electron chi connectivity index (χ4n) is 1.36. The molecule has 1 N–H and O–H groups in total. The minimum absolute atomic E-state index is 0.246. The fourth-order valence-corrected chi connectivity index (χ4v) is 1.54. The summed E-state index contributed by atoms with van der Waals surface area (Å²) in [5.41, 5.74) is 1.11. The molecule has 0 bridgehead atoms. The summed E-state index contributed by atoms with van der Waals surface area (Å²) in [6.45, 7) is 4.92. The van der Waals surface area contributed by atoms with Gasteiger partial charge in [0.05, 0.1) is 6.61 Å².